The number of amides is 1. The first-order valence-electron chi connectivity index (χ1n) is 8.33. The normalized spacial score (nSPS) is 15.5. The molecule has 3 rings (SSSR count). The predicted molar refractivity (Wildman–Crippen MR) is 92.2 cm³/mol. The zero-order valence-electron chi connectivity index (χ0n) is 13.6. The highest BCUT2D eigenvalue weighted by atomic mass is 32.1. The maximum Gasteiger partial charge on any atom is 0.229 e. The van der Waals surface area contributed by atoms with Crippen molar-refractivity contribution in [3.05, 3.63) is 46.2 Å². The van der Waals surface area contributed by atoms with E-state index >= 15 is 0 Å². The third-order valence-electron chi connectivity index (χ3n) is 4.39. The molecule has 5 heteroatoms. The van der Waals surface area contributed by atoms with Crippen LogP contribution in [0.2, 0.25) is 0 Å². The summed E-state index contributed by atoms with van der Waals surface area (Å²) in [7, 11) is 0. The van der Waals surface area contributed by atoms with E-state index in [1.54, 1.807) is 17.5 Å². The van der Waals surface area contributed by atoms with E-state index in [0.717, 1.165) is 29.2 Å². The zero-order chi connectivity index (χ0) is 16.1. The molecule has 2 aromatic rings. The van der Waals surface area contributed by atoms with Crippen LogP contribution in [0.15, 0.2) is 29.8 Å². The summed E-state index contributed by atoms with van der Waals surface area (Å²) < 4.78 is 0. The topological polar surface area (TPSA) is 46.1 Å². The number of hydrogen-bond acceptors (Lipinski definition) is 4. The molecular formula is C18H23N3OS. The summed E-state index contributed by atoms with van der Waals surface area (Å²) in [6.07, 6.45) is 8.12. The van der Waals surface area contributed by atoms with Gasteiger partial charge in [0.25, 0.3) is 0 Å². The quantitative estimate of drug-likeness (QED) is 0.839. The molecule has 1 amide bonds. The van der Waals surface area contributed by atoms with E-state index in [2.05, 4.69) is 9.97 Å². The van der Waals surface area contributed by atoms with Gasteiger partial charge in [0, 0.05) is 17.6 Å². The van der Waals surface area contributed by atoms with Crippen molar-refractivity contribution >= 4 is 17.2 Å². The van der Waals surface area contributed by atoms with Gasteiger partial charge in [-0.15, -0.1) is 11.3 Å². The Kier molecular flexibility index (Phi) is 5.39. The highest BCUT2D eigenvalue weighted by Crippen LogP contribution is 2.24. The Morgan fingerprint density at radius 1 is 1.26 bits per heavy atom. The van der Waals surface area contributed by atoms with Crippen molar-refractivity contribution in [2.24, 2.45) is 0 Å². The molecule has 1 saturated carbocycles. The van der Waals surface area contributed by atoms with Crippen molar-refractivity contribution in [1.82, 2.24) is 14.9 Å². The second kappa shape index (κ2) is 7.68. The molecule has 4 nitrogen and oxygen atoms in total. The summed E-state index contributed by atoms with van der Waals surface area (Å²) in [5.74, 6) is 0.174. The van der Waals surface area contributed by atoms with Gasteiger partial charge in [-0.05, 0) is 31.9 Å². The van der Waals surface area contributed by atoms with E-state index in [1.165, 1.54) is 19.3 Å². The third-order valence-corrected chi connectivity index (χ3v) is 5.22. The van der Waals surface area contributed by atoms with Crippen LogP contribution in [0.4, 0.5) is 0 Å². The van der Waals surface area contributed by atoms with Crippen LogP contribution in [0.3, 0.4) is 0 Å². The van der Waals surface area contributed by atoms with Crippen LogP contribution in [0, 0.1) is 6.92 Å². The number of rotatable bonds is 5. The van der Waals surface area contributed by atoms with Crippen molar-refractivity contribution in [1.29, 1.82) is 0 Å². The summed E-state index contributed by atoms with van der Waals surface area (Å²) in [5.41, 5.74) is 1.85. The van der Waals surface area contributed by atoms with E-state index in [1.807, 2.05) is 35.4 Å². The summed E-state index contributed by atoms with van der Waals surface area (Å²) in [5, 5.41) is 3.01. The lowest BCUT2D eigenvalue weighted by Crippen LogP contribution is -2.42. The van der Waals surface area contributed by atoms with Crippen molar-refractivity contribution in [3.8, 4) is 0 Å². The molecule has 0 aliphatic heterocycles. The molecule has 23 heavy (non-hydrogen) atoms. The predicted octanol–water partition coefficient (Wildman–Crippen LogP) is 3.75. The zero-order valence-corrected chi connectivity index (χ0v) is 14.4. The third kappa shape index (κ3) is 4.38. The Hall–Kier alpha value is -1.75. The molecule has 122 valence electrons. The van der Waals surface area contributed by atoms with Crippen LogP contribution >= 0.6 is 11.3 Å². The lowest BCUT2D eigenvalue weighted by molar-refractivity contribution is -0.134. The summed E-state index contributed by atoms with van der Waals surface area (Å²) in [6.45, 7) is 2.58. The number of thiazole rings is 1. The van der Waals surface area contributed by atoms with Crippen LogP contribution in [-0.2, 0) is 17.8 Å². The van der Waals surface area contributed by atoms with E-state index < -0.39 is 0 Å². The molecule has 0 aromatic carbocycles. The molecule has 1 aliphatic carbocycles. The van der Waals surface area contributed by atoms with E-state index in [-0.39, 0.29) is 5.91 Å². The molecule has 1 fully saturated rings. The van der Waals surface area contributed by atoms with Crippen LogP contribution in [0.5, 0.6) is 0 Å². The van der Waals surface area contributed by atoms with Crippen LogP contribution in [0.25, 0.3) is 0 Å². The van der Waals surface area contributed by atoms with Gasteiger partial charge in [0.15, 0.2) is 0 Å². The molecule has 0 spiro atoms. The van der Waals surface area contributed by atoms with Crippen LogP contribution in [0.1, 0.15) is 48.5 Å². The molecule has 2 heterocycles. The van der Waals surface area contributed by atoms with Crippen LogP contribution < -0.4 is 0 Å². The van der Waals surface area contributed by atoms with E-state index in [9.17, 15) is 4.79 Å². The number of hydrogen-bond donors (Lipinski definition) is 0. The van der Waals surface area contributed by atoms with Gasteiger partial charge in [0.05, 0.1) is 29.4 Å². The first kappa shape index (κ1) is 16.1. The van der Waals surface area contributed by atoms with Crippen molar-refractivity contribution < 1.29 is 4.79 Å². The highest BCUT2D eigenvalue weighted by molar-refractivity contribution is 7.09. The number of aryl methyl sites for hydroxylation is 1. The average molecular weight is 329 g/mol. The molecule has 0 radical (unpaired) electrons. The van der Waals surface area contributed by atoms with Gasteiger partial charge in [-0.1, -0.05) is 25.3 Å². The maximum absolute atomic E-state index is 12.9. The summed E-state index contributed by atoms with van der Waals surface area (Å²) >= 11 is 1.60. The molecule has 0 bridgehead atoms. The smallest absolute Gasteiger partial charge is 0.229 e. The van der Waals surface area contributed by atoms with Gasteiger partial charge in [-0.2, -0.15) is 0 Å². The molecule has 0 unspecified atom stereocenters. The Balaban J connectivity index is 1.74. The van der Waals surface area contributed by atoms with E-state index in [0.29, 0.717) is 19.0 Å². The minimum atomic E-state index is 0.174. The Morgan fingerprint density at radius 2 is 2.09 bits per heavy atom. The van der Waals surface area contributed by atoms with Crippen molar-refractivity contribution in [2.75, 3.05) is 0 Å². The lowest BCUT2D eigenvalue weighted by Gasteiger charge is -2.34. The van der Waals surface area contributed by atoms with Gasteiger partial charge < -0.3 is 4.90 Å². The monoisotopic (exact) mass is 329 g/mol. The number of carbonyl (C=O) groups excluding carboxylic acids is 1. The molecule has 2 aromatic heterocycles. The fraction of sp³-hybridized carbons (Fsp3) is 0.500. The number of carbonyl (C=O) groups is 1. The maximum atomic E-state index is 12.9. The highest BCUT2D eigenvalue weighted by Gasteiger charge is 2.26. The minimum Gasteiger partial charge on any atom is -0.333 e. The first-order valence-corrected chi connectivity index (χ1v) is 9.21. The average Bonchev–Trinajstić information content (AvgIpc) is 2.99. The van der Waals surface area contributed by atoms with Crippen molar-refractivity contribution in [2.45, 2.75) is 58.0 Å². The van der Waals surface area contributed by atoms with Crippen LogP contribution in [-0.4, -0.2) is 26.8 Å². The molecular weight excluding hydrogens is 306 g/mol. The number of aromatic nitrogens is 2. The lowest BCUT2D eigenvalue weighted by atomic mass is 9.93. The van der Waals surface area contributed by atoms with Crippen molar-refractivity contribution in [3.63, 3.8) is 0 Å². The Bertz CT molecular complexity index is 635. The second-order valence-electron chi connectivity index (χ2n) is 6.17. The molecule has 0 N–H and O–H groups in total. The SMILES string of the molecule is Cc1nc(CC(=O)N(Cc2ccccn2)C2CCCCC2)cs1. The van der Waals surface area contributed by atoms with Gasteiger partial charge in [-0.3, -0.25) is 9.78 Å². The van der Waals surface area contributed by atoms with Gasteiger partial charge in [0.1, 0.15) is 0 Å². The Labute approximate surface area is 141 Å². The van der Waals surface area contributed by atoms with Gasteiger partial charge >= 0.3 is 0 Å². The largest absolute Gasteiger partial charge is 0.333 e. The summed E-state index contributed by atoms with van der Waals surface area (Å²) in [4.78, 5) is 23.8. The minimum absolute atomic E-state index is 0.174. The molecule has 1 aliphatic rings. The summed E-state index contributed by atoms with van der Waals surface area (Å²) in [6, 6.07) is 6.23. The number of nitrogens with zero attached hydrogens (tertiary/aromatic N) is 3. The molecule has 0 atom stereocenters. The second-order valence-corrected chi connectivity index (χ2v) is 7.23. The van der Waals surface area contributed by atoms with Gasteiger partial charge in [-0.25, -0.2) is 4.98 Å². The fourth-order valence-electron chi connectivity index (χ4n) is 3.23. The molecule has 0 saturated heterocycles. The first-order chi connectivity index (χ1) is 11.2. The van der Waals surface area contributed by atoms with E-state index in [4.69, 9.17) is 0 Å². The standard InChI is InChI=1S/C18H23N3OS/c1-14-20-16(13-23-14)11-18(22)21(17-8-3-2-4-9-17)12-15-7-5-6-10-19-15/h5-7,10,13,17H,2-4,8-9,11-12H2,1H3. The Morgan fingerprint density at radius 3 is 2.74 bits per heavy atom. The number of pyridine rings is 1. The fourth-order valence-corrected chi connectivity index (χ4v) is 3.84. The van der Waals surface area contributed by atoms with Gasteiger partial charge in [0.2, 0.25) is 5.91 Å².